The third-order valence-electron chi connectivity index (χ3n) is 5.48. The summed E-state index contributed by atoms with van der Waals surface area (Å²) in [5.41, 5.74) is 0.514. The molecule has 2 aliphatic rings. The molecule has 4 rings (SSSR count). The average molecular weight is 313 g/mol. The van der Waals surface area contributed by atoms with Gasteiger partial charge in [-0.1, -0.05) is 0 Å². The number of hydrogen-bond acceptors (Lipinski definition) is 4. The molecule has 2 heterocycles. The standard InChI is InChI=1S/C17H19N3O3/c21-8-11-4-10-3-9(11)5-15(10)20-17(23)13-7-19-14-1-2-18-6-12(14)16(13)22/h1-2,6-7,9-11,15,21H,3-5,8H2,(H,19,22)(H,20,23)/t9-,10-,11+,15-/m1/s1. The van der Waals surface area contributed by atoms with E-state index in [2.05, 4.69) is 15.3 Å². The number of carbonyl (C=O) groups excluding carboxylic acids is 1. The van der Waals surface area contributed by atoms with E-state index in [1.807, 2.05) is 0 Å². The number of aliphatic hydroxyl groups excluding tert-OH is 1. The maximum Gasteiger partial charge on any atom is 0.256 e. The van der Waals surface area contributed by atoms with E-state index in [1.54, 1.807) is 12.3 Å². The molecule has 0 unspecified atom stereocenters. The summed E-state index contributed by atoms with van der Waals surface area (Å²) >= 11 is 0. The molecule has 2 aromatic heterocycles. The summed E-state index contributed by atoms with van der Waals surface area (Å²) in [6, 6.07) is 1.82. The third kappa shape index (κ3) is 2.34. The molecule has 2 aliphatic carbocycles. The van der Waals surface area contributed by atoms with E-state index in [-0.39, 0.29) is 29.5 Å². The molecule has 2 aromatic rings. The lowest BCUT2D eigenvalue weighted by Gasteiger charge is -2.27. The number of nitrogens with one attached hydrogen (secondary N) is 2. The Morgan fingerprint density at radius 1 is 1.35 bits per heavy atom. The molecule has 4 atom stereocenters. The number of H-pyrrole nitrogens is 1. The number of carbonyl (C=O) groups is 1. The minimum atomic E-state index is -0.324. The molecule has 2 bridgehead atoms. The van der Waals surface area contributed by atoms with Gasteiger partial charge in [0, 0.05) is 31.2 Å². The Kier molecular flexibility index (Phi) is 3.41. The van der Waals surface area contributed by atoms with Crippen LogP contribution < -0.4 is 10.7 Å². The van der Waals surface area contributed by atoms with Crippen LogP contribution in [0.3, 0.4) is 0 Å². The Morgan fingerprint density at radius 3 is 2.96 bits per heavy atom. The number of aromatic amines is 1. The van der Waals surface area contributed by atoms with E-state index >= 15 is 0 Å². The first kappa shape index (κ1) is 14.4. The van der Waals surface area contributed by atoms with Crippen molar-refractivity contribution in [2.24, 2.45) is 17.8 Å². The van der Waals surface area contributed by atoms with E-state index in [0.717, 1.165) is 19.3 Å². The van der Waals surface area contributed by atoms with E-state index in [4.69, 9.17) is 0 Å². The van der Waals surface area contributed by atoms with E-state index < -0.39 is 0 Å². The maximum atomic E-state index is 12.5. The smallest absolute Gasteiger partial charge is 0.256 e. The topological polar surface area (TPSA) is 95.1 Å². The van der Waals surface area contributed by atoms with Gasteiger partial charge in [0.1, 0.15) is 5.56 Å². The lowest BCUT2D eigenvalue weighted by Crippen LogP contribution is -2.41. The van der Waals surface area contributed by atoms with Crippen LogP contribution in [0.5, 0.6) is 0 Å². The van der Waals surface area contributed by atoms with Crippen LogP contribution >= 0.6 is 0 Å². The predicted molar refractivity (Wildman–Crippen MR) is 85.0 cm³/mol. The zero-order valence-electron chi connectivity index (χ0n) is 12.7. The molecule has 3 N–H and O–H groups in total. The average Bonchev–Trinajstić information content (AvgIpc) is 3.15. The normalized spacial score (nSPS) is 29.1. The summed E-state index contributed by atoms with van der Waals surface area (Å²) in [4.78, 5) is 31.9. The summed E-state index contributed by atoms with van der Waals surface area (Å²) in [6.07, 6.45) is 7.48. The largest absolute Gasteiger partial charge is 0.396 e. The van der Waals surface area contributed by atoms with E-state index in [9.17, 15) is 14.7 Å². The highest BCUT2D eigenvalue weighted by Crippen LogP contribution is 2.48. The van der Waals surface area contributed by atoms with Crippen molar-refractivity contribution in [2.45, 2.75) is 25.3 Å². The van der Waals surface area contributed by atoms with Gasteiger partial charge in [-0.05, 0) is 43.1 Å². The first-order valence-corrected chi connectivity index (χ1v) is 8.04. The number of aromatic nitrogens is 2. The van der Waals surface area contributed by atoms with Crippen LogP contribution in [0, 0.1) is 17.8 Å². The molecule has 0 spiro atoms. The van der Waals surface area contributed by atoms with Gasteiger partial charge in [-0.3, -0.25) is 14.6 Å². The highest BCUT2D eigenvalue weighted by molar-refractivity contribution is 5.97. The van der Waals surface area contributed by atoms with Gasteiger partial charge in [0.25, 0.3) is 5.91 Å². The molecule has 23 heavy (non-hydrogen) atoms. The van der Waals surface area contributed by atoms with Gasteiger partial charge < -0.3 is 15.4 Å². The van der Waals surface area contributed by atoms with Crippen molar-refractivity contribution in [3.05, 3.63) is 40.4 Å². The second-order valence-electron chi connectivity index (χ2n) is 6.70. The SMILES string of the molecule is O=C(N[C@@H]1C[C@H]2C[C@@H]1C[C@H]2CO)c1c[nH]c2ccncc2c1=O. The lowest BCUT2D eigenvalue weighted by molar-refractivity contribution is 0.0906. The second-order valence-corrected chi connectivity index (χ2v) is 6.70. The summed E-state index contributed by atoms with van der Waals surface area (Å²) in [5.74, 6) is 0.968. The van der Waals surface area contributed by atoms with Crippen molar-refractivity contribution < 1.29 is 9.90 Å². The van der Waals surface area contributed by atoms with Crippen LogP contribution in [0.1, 0.15) is 29.6 Å². The molecule has 6 heteroatoms. The zero-order valence-corrected chi connectivity index (χ0v) is 12.7. The van der Waals surface area contributed by atoms with Crippen LogP contribution in [0.15, 0.2) is 29.5 Å². The van der Waals surface area contributed by atoms with Crippen molar-refractivity contribution in [1.82, 2.24) is 15.3 Å². The number of amides is 1. The van der Waals surface area contributed by atoms with Gasteiger partial charge in [0.15, 0.2) is 0 Å². The van der Waals surface area contributed by atoms with Crippen LogP contribution in [0.4, 0.5) is 0 Å². The third-order valence-corrected chi connectivity index (χ3v) is 5.48. The number of rotatable bonds is 3. The fourth-order valence-corrected chi connectivity index (χ4v) is 4.27. The second kappa shape index (κ2) is 5.45. The monoisotopic (exact) mass is 313 g/mol. The van der Waals surface area contributed by atoms with Crippen molar-refractivity contribution in [3.63, 3.8) is 0 Å². The van der Waals surface area contributed by atoms with Gasteiger partial charge >= 0.3 is 0 Å². The van der Waals surface area contributed by atoms with Crippen LogP contribution in [0.25, 0.3) is 10.9 Å². The van der Waals surface area contributed by atoms with Crippen LogP contribution in [-0.2, 0) is 0 Å². The Bertz CT molecular complexity index is 816. The fraction of sp³-hybridized carbons (Fsp3) is 0.471. The van der Waals surface area contributed by atoms with E-state index in [1.165, 1.54) is 12.4 Å². The first-order valence-electron chi connectivity index (χ1n) is 8.04. The Hall–Kier alpha value is -2.21. The molecule has 0 saturated heterocycles. The first-order chi connectivity index (χ1) is 11.2. The molecule has 1 amide bonds. The lowest BCUT2D eigenvalue weighted by atomic mass is 9.86. The number of pyridine rings is 2. The summed E-state index contributed by atoms with van der Waals surface area (Å²) in [7, 11) is 0. The van der Waals surface area contributed by atoms with Gasteiger partial charge in [0.05, 0.1) is 10.9 Å². The predicted octanol–water partition coefficient (Wildman–Crippen LogP) is 1.06. The summed E-state index contributed by atoms with van der Waals surface area (Å²) in [6.45, 7) is 0.235. The molecular formula is C17H19N3O3. The Labute approximate surface area is 132 Å². The van der Waals surface area contributed by atoms with Gasteiger partial charge in [0.2, 0.25) is 5.43 Å². The molecule has 120 valence electrons. The van der Waals surface area contributed by atoms with Crippen LogP contribution in [0.2, 0.25) is 0 Å². The molecular weight excluding hydrogens is 294 g/mol. The number of aliphatic hydroxyl groups is 1. The fourth-order valence-electron chi connectivity index (χ4n) is 4.27. The van der Waals surface area contributed by atoms with Gasteiger partial charge in [-0.2, -0.15) is 0 Å². The summed E-state index contributed by atoms with van der Waals surface area (Å²) < 4.78 is 0. The van der Waals surface area contributed by atoms with Crippen molar-refractivity contribution >= 4 is 16.8 Å². The molecule has 6 nitrogen and oxygen atoms in total. The van der Waals surface area contributed by atoms with Crippen LogP contribution in [-0.4, -0.2) is 33.6 Å². The van der Waals surface area contributed by atoms with Gasteiger partial charge in [-0.15, -0.1) is 0 Å². The quantitative estimate of drug-likeness (QED) is 0.789. The summed E-state index contributed by atoms with van der Waals surface area (Å²) in [5, 5.41) is 12.8. The number of nitrogens with zero attached hydrogens (tertiary/aromatic N) is 1. The molecule has 2 saturated carbocycles. The molecule has 0 radical (unpaired) electrons. The minimum Gasteiger partial charge on any atom is -0.396 e. The highest BCUT2D eigenvalue weighted by atomic mass is 16.3. The molecule has 2 fully saturated rings. The number of hydrogen-bond donors (Lipinski definition) is 3. The van der Waals surface area contributed by atoms with E-state index in [0.29, 0.717) is 28.7 Å². The maximum absolute atomic E-state index is 12.5. The minimum absolute atomic E-state index is 0.110. The van der Waals surface area contributed by atoms with Crippen molar-refractivity contribution in [2.75, 3.05) is 6.61 Å². The number of fused-ring (bicyclic) bond motifs is 3. The van der Waals surface area contributed by atoms with Gasteiger partial charge in [-0.25, -0.2) is 0 Å². The molecule has 0 aromatic carbocycles. The Balaban J connectivity index is 1.55. The molecule has 0 aliphatic heterocycles. The Morgan fingerprint density at radius 2 is 2.22 bits per heavy atom. The highest BCUT2D eigenvalue weighted by Gasteiger charge is 2.45. The van der Waals surface area contributed by atoms with Crippen molar-refractivity contribution in [1.29, 1.82) is 0 Å². The zero-order chi connectivity index (χ0) is 16.0. The van der Waals surface area contributed by atoms with Crippen molar-refractivity contribution in [3.8, 4) is 0 Å².